The van der Waals surface area contributed by atoms with Gasteiger partial charge in [-0.25, -0.2) is 0 Å². The Morgan fingerprint density at radius 2 is 1.92 bits per heavy atom. The smallest absolute Gasteiger partial charge is 0.265 e. The Labute approximate surface area is 166 Å². The lowest BCUT2D eigenvalue weighted by Gasteiger charge is -2.17. The van der Waals surface area contributed by atoms with Gasteiger partial charge in [0, 0.05) is 22.8 Å². The van der Waals surface area contributed by atoms with Crippen LogP contribution >= 0.6 is 27.5 Å². The molecule has 0 spiro atoms. The number of benzene rings is 2. The molecule has 7 heteroatoms. The maximum absolute atomic E-state index is 12.4. The van der Waals surface area contributed by atoms with E-state index < -0.39 is 6.10 Å². The molecule has 0 bridgehead atoms. The average Bonchev–Trinajstić information content (AvgIpc) is 2.60. The fourth-order valence-corrected chi connectivity index (χ4v) is 2.91. The third-order valence-electron chi connectivity index (χ3n) is 3.67. The van der Waals surface area contributed by atoms with Crippen LogP contribution in [0.25, 0.3) is 0 Å². The van der Waals surface area contributed by atoms with Crippen LogP contribution in [0.5, 0.6) is 5.75 Å². The Hall–Kier alpha value is -2.05. The van der Waals surface area contributed by atoms with E-state index in [1.807, 2.05) is 13.0 Å². The monoisotopic (exact) mass is 438 g/mol. The number of carbonyl (C=O) groups excluding carboxylic acids is 2. The van der Waals surface area contributed by atoms with Crippen LogP contribution in [0.2, 0.25) is 5.02 Å². The van der Waals surface area contributed by atoms with Gasteiger partial charge >= 0.3 is 0 Å². The van der Waals surface area contributed by atoms with Crippen molar-refractivity contribution in [3.63, 3.8) is 0 Å². The second-order valence-electron chi connectivity index (χ2n) is 5.76. The van der Waals surface area contributed by atoms with E-state index in [-0.39, 0.29) is 11.8 Å². The number of ether oxygens (including phenoxy) is 1. The number of rotatable bonds is 6. The molecule has 0 aromatic heterocycles. The molecular weight excluding hydrogens is 420 g/mol. The molecule has 5 nitrogen and oxygen atoms in total. The summed E-state index contributed by atoms with van der Waals surface area (Å²) in [5, 5.41) is 6.18. The molecule has 0 aliphatic carbocycles. The summed E-state index contributed by atoms with van der Waals surface area (Å²) >= 11 is 9.26. The van der Waals surface area contributed by atoms with Gasteiger partial charge in [-0.2, -0.15) is 0 Å². The molecule has 26 heavy (non-hydrogen) atoms. The first-order valence-corrected chi connectivity index (χ1v) is 9.30. The zero-order valence-electron chi connectivity index (χ0n) is 14.7. The van der Waals surface area contributed by atoms with Gasteiger partial charge in [0.2, 0.25) is 5.91 Å². The predicted octanol–water partition coefficient (Wildman–Crippen LogP) is 5.17. The molecule has 0 saturated heterocycles. The van der Waals surface area contributed by atoms with Gasteiger partial charge in [0.25, 0.3) is 5.91 Å². The van der Waals surface area contributed by atoms with Gasteiger partial charge in [0.1, 0.15) is 5.75 Å². The topological polar surface area (TPSA) is 67.4 Å². The van der Waals surface area contributed by atoms with Crippen molar-refractivity contribution in [2.75, 3.05) is 10.6 Å². The average molecular weight is 440 g/mol. The van der Waals surface area contributed by atoms with Crippen molar-refractivity contribution in [1.29, 1.82) is 0 Å². The first-order chi connectivity index (χ1) is 12.3. The summed E-state index contributed by atoms with van der Waals surface area (Å²) in [6.45, 7) is 5.33. The summed E-state index contributed by atoms with van der Waals surface area (Å²) in [6, 6.07) is 10.4. The summed E-state index contributed by atoms with van der Waals surface area (Å²) in [7, 11) is 0. The minimum atomic E-state index is -0.720. The van der Waals surface area contributed by atoms with Crippen molar-refractivity contribution in [2.24, 2.45) is 0 Å². The quantitative estimate of drug-likeness (QED) is 0.653. The van der Waals surface area contributed by atoms with Crippen molar-refractivity contribution in [1.82, 2.24) is 0 Å². The minimum Gasteiger partial charge on any atom is -0.480 e. The molecule has 0 aliphatic rings. The summed E-state index contributed by atoms with van der Waals surface area (Å²) in [5.74, 6) is 0.140. The van der Waals surface area contributed by atoms with Crippen molar-refractivity contribution < 1.29 is 14.3 Å². The van der Waals surface area contributed by atoms with E-state index in [2.05, 4.69) is 26.6 Å². The highest BCUT2D eigenvalue weighted by Crippen LogP contribution is 2.29. The lowest BCUT2D eigenvalue weighted by Crippen LogP contribution is -2.30. The molecule has 0 heterocycles. The van der Waals surface area contributed by atoms with Crippen molar-refractivity contribution in [3.05, 3.63) is 51.5 Å². The van der Waals surface area contributed by atoms with Crippen molar-refractivity contribution in [2.45, 2.75) is 33.3 Å². The highest BCUT2D eigenvalue weighted by molar-refractivity contribution is 9.10. The number of aryl methyl sites for hydroxylation is 1. The summed E-state index contributed by atoms with van der Waals surface area (Å²) in [6.07, 6.45) is -0.334. The van der Waals surface area contributed by atoms with Gasteiger partial charge in [-0.15, -0.1) is 0 Å². The number of carbonyl (C=O) groups is 2. The van der Waals surface area contributed by atoms with Crippen LogP contribution in [0.15, 0.2) is 40.9 Å². The van der Waals surface area contributed by atoms with Crippen LogP contribution < -0.4 is 15.4 Å². The molecule has 2 N–H and O–H groups in total. The van der Waals surface area contributed by atoms with Crippen LogP contribution in [0, 0.1) is 6.92 Å². The fraction of sp³-hybridized carbons (Fsp3) is 0.263. The van der Waals surface area contributed by atoms with Gasteiger partial charge in [-0.1, -0.05) is 24.6 Å². The van der Waals surface area contributed by atoms with E-state index in [0.717, 1.165) is 5.56 Å². The van der Waals surface area contributed by atoms with Gasteiger partial charge in [0.15, 0.2) is 6.10 Å². The van der Waals surface area contributed by atoms with Crippen LogP contribution in [0.4, 0.5) is 11.4 Å². The minimum absolute atomic E-state index is 0.0825. The molecule has 1 atom stereocenters. The molecular formula is C19H20BrClN2O3. The first-order valence-electron chi connectivity index (χ1n) is 8.13. The van der Waals surface area contributed by atoms with Crippen LogP contribution in [0.1, 0.15) is 25.8 Å². The number of anilines is 2. The Morgan fingerprint density at radius 3 is 2.58 bits per heavy atom. The van der Waals surface area contributed by atoms with Crippen molar-refractivity contribution >= 4 is 50.7 Å². The highest BCUT2D eigenvalue weighted by atomic mass is 79.9. The second kappa shape index (κ2) is 9.05. The maximum atomic E-state index is 12.4. The van der Waals surface area contributed by atoms with Crippen LogP contribution in [-0.4, -0.2) is 17.9 Å². The molecule has 2 rings (SSSR count). The van der Waals surface area contributed by atoms with E-state index in [1.165, 1.54) is 0 Å². The Bertz CT molecular complexity index is 826. The number of hydrogen-bond donors (Lipinski definition) is 2. The largest absolute Gasteiger partial charge is 0.480 e. The zero-order chi connectivity index (χ0) is 19.3. The van der Waals surface area contributed by atoms with Gasteiger partial charge in [0.05, 0.1) is 4.47 Å². The lowest BCUT2D eigenvalue weighted by molar-refractivity contribution is -0.122. The standard InChI is InChI=1S/C19H20BrClN2O3/c1-4-18(24)23-16-10-14(7-5-11(16)2)22-19(25)12(3)26-17-8-6-13(21)9-15(17)20/h5-10,12H,4H2,1-3H3,(H,22,25)(H,23,24). The molecule has 2 aromatic carbocycles. The Morgan fingerprint density at radius 1 is 1.19 bits per heavy atom. The first kappa shape index (κ1) is 20.3. The van der Waals surface area contributed by atoms with Crippen LogP contribution in [-0.2, 0) is 9.59 Å². The third-order valence-corrected chi connectivity index (χ3v) is 4.52. The highest BCUT2D eigenvalue weighted by Gasteiger charge is 2.17. The number of nitrogens with one attached hydrogen (secondary N) is 2. The SMILES string of the molecule is CCC(=O)Nc1cc(NC(=O)C(C)Oc2ccc(Cl)cc2Br)ccc1C. The van der Waals surface area contributed by atoms with E-state index in [9.17, 15) is 9.59 Å². The molecule has 0 saturated carbocycles. The fourth-order valence-electron chi connectivity index (χ4n) is 2.13. The molecule has 2 amide bonds. The van der Waals surface area contributed by atoms with E-state index in [4.69, 9.17) is 16.3 Å². The predicted molar refractivity (Wildman–Crippen MR) is 108 cm³/mol. The number of hydrogen-bond acceptors (Lipinski definition) is 3. The summed E-state index contributed by atoms with van der Waals surface area (Å²) in [4.78, 5) is 24.0. The van der Waals surface area contributed by atoms with Crippen molar-refractivity contribution in [3.8, 4) is 5.75 Å². The van der Waals surface area contributed by atoms with Gasteiger partial charge in [-0.05, 0) is 65.7 Å². The lowest BCUT2D eigenvalue weighted by atomic mass is 10.1. The van der Waals surface area contributed by atoms with Gasteiger partial charge < -0.3 is 15.4 Å². The van der Waals surface area contributed by atoms with Crippen LogP contribution in [0.3, 0.4) is 0 Å². The normalized spacial score (nSPS) is 11.6. The zero-order valence-corrected chi connectivity index (χ0v) is 17.1. The maximum Gasteiger partial charge on any atom is 0.265 e. The molecule has 0 aliphatic heterocycles. The van der Waals surface area contributed by atoms with E-state index in [0.29, 0.717) is 33.0 Å². The summed E-state index contributed by atoms with van der Waals surface area (Å²) < 4.78 is 6.35. The molecule has 2 aromatic rings. The molecule has 1 unspecified atom stereocenters. The third kappa shape index (κ3) is 5.47. The number of halogens is 2. The van der Waals surface area contributed by atoms with E-state index >= 15 is 0 Å². The van der Waals surface area contributed by atoms with E-state index in [1.54, 1.807) is 44.2 Å². The Balaban J connectivity index is 2.06. The molecule has 0 radical (unpaired) electrons. The second-order valence-corrected chi connectivity index (χ2v) is 7.05. The Kier molecular flexibility index (Phi) is 7.06. The number of amides is 2. The molecule has 138 valence electrons. The molecule has 0 fully saturated rings. The summed E-state index contributed by atoms with van der Waals surface area (Å²) in [5.41, 5.74) is 2.17. The van der Waals surface area contributed by atoms with Gasteiger partial charge in [-0.3, -0.25) is 9.59 Å².